The van der Waals surface area contributed by atoms with Crippen molar-refractivity contribution in [3.05, 3.63) is 98.8 Å². The van der Waals surface area contributed by atoms with Gasteiger partial charge >= 0.3 is 0 Å². The topological polar surface area (TPSA) is 111 Å². The molecule has 0 atom stereocenters. The van der Waals surface area contributed by atoms with E-state index in [1.165, 1.54) is 28.5 Å². The number of thioether (sulfide) groups is 1. The van der Waals surface area contributed by atoms with Gasteiger partial charge in [-0.15, -0.1) is 0 Å². The minimum absolute atomic E-state index is 0.0407. The molecule has 158 valence electrons. The van der Waals surface area contributed by atoms with E-state index in [-0.39, 0.29) is 17.9 Å². The van der Waals surface area contributed by atoms with E-state index in [9.17, 15) is 14.9 Å². The Bertz CT molecular complexity index is 1390. The lowest BCUT2D eigenvalue weighted by Crippen LogP contribution is -2.22. The normalized spacial score (nSPS) is 10.6. The summed E-state index contributed by atoms with van der Waals surface area (Å²) in [6.07, 6.45) is 0. The van der Waals surface area contributed by atoms with Crippen LogP contribution in [0.25, 0.3) is 16.6 Å². The molecule has 0 aliphatic heterocycles. The van der Waals surface area contributed by atoms with Gasteiger partial charge in [0.25, 0.3) is 11.2 Å². The lowest BCUT2D eigenvalue weighted by atomic mass is 10.2. The average Bonchev–Trinajstić information content (AvgIpc) is 2.82. The molecule has 4 rings (SSSR count). The smallest absolute Gasteiger partial charge is 0.273 e. The number of non-ortho nitro benzene ring substituents is 1. The monoisotopic (exact) mass is 444 g/mol. The van der Waals surface area contributed by atoms with Crippen molar-refractivity contribution in [2.24, 2.45) is 0 Å². The van der Waals surface area contributed by atoms with Crippen molar-refractivity contribution in [2.45, 2.75) is 5.16 Å². The Morgan fingerprint density at radius 1 is 1.09 bits per heavy atom. The molecular formula is C23H16N4O4S. The summed E-state index contributed by atoms with van der Waals surface area (Å²) in [6, 6.07) is 21.9. The third kappa shape index (κ3) is 4.45. The summed E-state index contributed by atoms with van der Waals surface area (Å²) in [7, 11) is 0. The Morgan fingerprint density at radius 2 is 1.88 bits per heavy atom. The number of benzene rings is 3. The Morgan fingerprint density at radius 3 is 2.62 bits per heavy atom. The first-order valence-electron chi connectivity index (χ1n) is 9.59. The van der Waals surface area contributed by atoms with Gasteiger partial charge in [0.2, 0.25) is 0 Å². The van der Waals surface area contributed by atoms with Gasteiger partial charge in [-0.1, -0.05) is 30.0 Å². The third-order valence-electron chi connectivity index (χ3n) is 4.61. The molecule has 0 aliphatic rings. The molecule has 0 amide bonds. The van der Waals surface area contributed by atoms with Crippen LogP contribution in [0, 0.1) is 21.4 Å². The number of nitro benzene ring substituents is 1. The van der Waals surface area contributed by atoms with Crippen LogP contribution in [-0.4, -0.2) is 26.8 Å². The molecule has 1 heterocycles. The van der Waals surface area contributed by atoms with Crippen LogP contribution in [-0.2, 0) is 0 Å². The first-order chi connectivity index (χ1) is 15.6. The fraction of sp³-hybridized carbons (Fsp3) is 0.0870. The van der Waals surface area contributed by atoms with E-state index in [0.29, 0.717) is 38.8 Å². The predicted molar refractivity (Wildman–Crippen MR) is 121 cm³/mol. The van der Waals surface area contributed by atoms with Crippen LogP contribution in [0.3, 0.4) is 0 Å². The number of hydrogen-bond donors (Lipinski definition) is 0. The molecule has 1 aromatic heterocycles. The Kier molecular flexibility index (Phi) is 6.14. The fourth-order valence-corrected chi connectivity index (χ4v) is 3.93. The summed E-state index contributed by atoms with van der Waals surface area (Å²) in [6.45, 7) is 0.266. The highest BCUT2D eigenvalue weighted by Gasteiger charge is 2.14. The molecule has 0 saturated carbocycles. The molecule has 0 N–H and O–H groups in total. The van der Waals surface area contributed by atoms with Crippen molar-refractivity contribution in [3.8, 4) is 17.5 Å². The van der Waals surface area contributed by atoms with Crippen LogP contribution in [0.4, 0.5) is 5.69 Å². The van der Waals surface area contributed by atoms with Gasteiger partial charge in [0.05, 0.1) is 45.8 Å². The standard InChI is InChI=1S/C23H16N4O4S/c24-15-16-8-10-17(11-9-16)26-22(28)20-6-1-2-7-21(20)25-23(26)32-13-12-31-19-5-3-4-18(14-19)27(29)30/h1-11,14H,12-13H2. The van der Waals surface area contributed by atoms with Crippen LogP contribution >= 0.6 is 11.8 Å². The van der Waals surface area contributed by atoms with Crippen molar-refractivity contribution in [3.63, 3.8) is 0 Å². The molecular weight excluding hydrogens is 428 g/mol. The van der Waals surface area contributed by atoms with E-state index in [1.54, 1.807) is 54.6 Å². The number of para-hydroxylation sites is 1. The van der Waals surface area contributed by atoms with Gasteiger partial charge in [-0.05, 0) is 42.5 Å². The molecule has 0 fully saturated rings. The summed E-state index contributed by atoms with van der Waals surface area (Å²) in [5, 5.41) is 20.9. The van der Waals surface area contributed by atoms with Crippen molar-refractivity contribution < 1.29 is 9.66 Å². The summed E-state index contributed by atoms with van der Waals surface area (Å²) in [4.78, 5) is 28.3. The first-order valence-corrected chi connectivity index (χ1v) is 10.6. The van der Waals surface area contributed by atoms with Crippen molar-refractivity contribution in [1.82, 2.24) is 9.55 Å². The van der Waals surface area contributed by atoms with Crippen molar-refractivity contribution in [2.75, 3.05) is 12.4 Å². The van der Waals surface area contributed by atoms with Gasteiger partial charge in [-0.2, -0.15) is 5.26 Å². The average molecular weight is 444 g/mol. The van der Waals surface area contributed by atoms with E-state index in [0.717, 1.165) is 0 Å². The highest BCUT2D eigenvalue weighted by molar-refractivity contribution is 7.99. The van der Waals surface area contributed by atoms with Gasteiger partial charge in [0, 0.05) is 11.8 Å². The van der Waals surface area contributed by atoms with E-state index >= 15 is 0 Å². The van der Waals surface area contributed by atoms with Gasteiger partial charge < -0.3 is 4.74 Å². The van der Waals surface area contributed by atoms with Crippen LogP contribution in [0.15, 0.2) is 82.7 Å². The highest BCUT2D eigenvalue weighted by Crippen LogP contribution is 2.23. The van der Waals surface area contributed by atoms with Gasteiger partial charge in [0.15, 0.2) is 5.16 Å². The zero-order chi connectivity index (χ0) is 22.5. The zero-order valence-corrected chi connectivity index (χ0v) is 17.5. The maximum Gasteiger partial charge on any atom is 0.273 e. The Labute approximate surface area is 186 Å². The van der Waals surface area contributed by atoms with E-state index in [1.807, 2.05) is 6.07 Å². The number of nitrogens with zero attached hydrogens (tertiary/aromatic N) is 4. The molecule has 0 bridgehead atoms. The molecule has 0 unspecified atom stereocenters. The van der Waals surface area contributed by atoms with Gasteiger partial charge in [-0.3, -0.25) is 19.5 Å². The molecule has 0 saturated heterocycles. The number of nitriles is 1. The highest BCUT2D eigenvalue weighted by atomic mass is 32.2. The second-order valence-corrected chi connectivity index (χ2v) is 7.72. The van der Waals surface area contributed by atoms with E-state index < -0.39 is 4.92 Å². The van der Waals surface area contributed by atoms with Crippen LogP contribution in [0.1, 0.15) is 5.56 Å². The van der Waals surface area contributed by atoms with Crippen molar-refractivity contribution in [1.29, 1.82) is 5.26 Å². The minimum Gasteiger partial charge on any atom is -0.492 e. The summed E-state index contributed by atoms with van der Waals surface area (Å²) >= 11 is 1.34. The number of ether oxygens (including phenoxy) is 1. The van der Waals surface area contributed by atoms with E-state index in [2.05, 4.69) is 11.1 Å². The third-order valence-corrected chi connectivity index (χ3v) is 5.51. The Balaban J connectivity index is 1.60. The lowest BCUT2D eigenvalue weighted by molar-refractivity contribution is -0.384. The summed E-state index contributed by atoms with van der Waals surface area (Å²) < 4.78 is 7.15. The second-order valence-electron chi connectivity index (χ2n) is 6.66. The van der Waals surface area contributed by atoms with Crippen LogP contribution < -0.4 is 10.3 Å². The Hall–Kier alpha value is -4.16. The predicted octanol–water partition coefficient (Wildman–Crippen LogP) is 4.34. The minimum atomic E-state index is -0.475. The molecule has 32 heavy (non-hydrogen) atoms. The molecule has 8 nitrogen and oxygen atoms in total. The second kappa shape index (κ2) is 9.32. The van der Waals surface area contributed by atoms with Gasteiger partial charge in [0.1, 0.15) is 5.75 Å². The largest absolute Gasteiger partial charge is 0.492 e. The number of rotatable bonds is 7. The van der Waals surface area contributed by atoms with Crippen LogP contribution in [0.5, 0.6) is 5.75 Å². The maximum atomic E-state index is 13.2. The molecule has 4 aromatic rings. The quantitative estimate of drug-likeness (QED) is 0.137. The number of aromatic nitrogens is 2. The number of fused-ring (bicyclic) bond motifs is 1. The summed E-state index contributed by atoms with van der Waals surface area (Å²) in [5.74, 6) is 0.861. The van der Waals surface area contributed by atoms with Gasteiger partial charge in [-0.25, -0.2) is 4.98 Å². The maximum absolute atomic E-state index is 13.2. The zero-order valence-electron chi connectivity index (χ0n) is 16.7. The number of nitro groups is 1. The molecule has 0 aliphatic carbocycles. The molecule has 0 radical (unpaired) electrons. The van der Waals surface area contributed by atoms with Crippen LogP contribution in [0.2, 0.25) is 0 Å². The first kappa shape index (κ1) is 21.1. The molecule has 3 aromatic carbocycles. The lowest BCUT2D eigenvalue weighted by Gasteiger charge is -2.13. The SMILES string of the molecule is N#Cc1ccc(-n2c(SCCOc3cccc([N+](=O)[O-])c3)nc3ccccc3c2=O)cc1. The molecule has 0 spiro atoms. The van der Waals surface area contributed by atoms with E-state index in [4.69, 9.17) is 10.00 Å². The molecule has 9 heteroatoms. The van der Waals surface area contributed by atoms with Crippen molar-refractivity contribution >= 4 is 28.4 Å². The summed E-state index contributed by atoms with van der Waals surface area (Å²) in [5.41, 5.74) is 1.44. The fourth-order valence-electron chi connectivity index (χ4n) is 3.10. The number of hydrogen-bond acceptors (Lipinski definition) is 7.